The van der Waals surface area contributed by atoms with Crippen LogP contribution in [0.3, 0.4) is 0 Å². The Morgan fingerprint density at radius 1 is 1.00 bits per heavy atom. The molecule has 0 bridgehead atoms. The highest BCUT2D eigenvalue weighted by molar-refractivity contribution is 5.99. The normalized spacial score (nSPS) is 10.2. The Balaban J connectivity index is 1.87. The first-order valence-electron chi connectivity index (χ1n) is 7.11. The molecule has 0 unspecified atom stereocenters. The molecule has 0 atom stereocenters. The molecule has 120 valence electrons. The van der Waals surface area contributed by atoms with Crippen molar-refractivity contribution in [3.63, 3.8) is 0 Å². The van der Waals surface area contributed by atoms with Crippen molar-refractivity contribution in [2.24, 2.45) is 0 Å². The Kier molecular flexibility index (Phi) is 5.41. The molecule has 0 fully saturated rings. The number of aryl methyl sites for hydroxylation is 1. The minimum Gasteiger partial charge on any atom is -0.343 e. The maximum absolute atomic E-state index is 13.0. The van der Waals surface area contributed by atoms with Crippen LogP contribution in [-0.4, -0.2) is 18.4 Å². The van der Waals surface area contributed by atoms with Gasteiger partial charge in [0.1, 0.15) is 0 Å². The molecule has 2 aromatic carbocycles. The first-order valence-corrected chi connectivity index (χ1v) is 7.11. The Bertz CT molecular complexity index is 715. The molecule has 6 heteroatoms. The number of carbonyl (C=O) groups excluding carboxylic acids is 2. The molecule has 0 spiro atoms. The second-order valence-corrected chi connectivity index (χ2v) is 4.91. The third kappa shape index (κ3) is 4.60. The van der Waals surface area contributed by atoms with Crippen molar-refractivity contribution in [2.75, 3.05) is 11.9 Å². The van der Waals surface area contributed by atoms with E-state index in [1.165, 1.54) is 6.07 Å². The van der Waals surface area contributed by atoms with Crippen molar-refractivity contribution >= 4 is 17.5 Å². The largest absolute Gasteiger partial charge is 0.343 e. The van der Waals surface area contributed by atoms with Crippen LogP contribution < -0.4 is 10.6 Å². The topological polar surface area (TPSA) is 58.2 Å². The predicted molar refractivity (Wildman–Crippen MR) is 83.1 cm³/mol. The first-order chi connectivity index (χ1) is 11.0. The van der Waals surface area contributed by atoms with Gasteiger partial charge in [-0.25, -0.2) is 8.78 Å². The van der Waals surface area contributed by atoms with Gasteiger partial charge in [0.2, 0.25) is 5.91 Å². The van der Waals surface area contributed by atoms with Crippen LogP contribution in [0.25, 0.3) is 0 Å². The van der Waals surface area contributed by atoms with Gasteiger partial charge in [-0.15, -0.1) is 0 Å². The maximum Gasteiger partial charge on any atom is 0.251 e. The lowest BCUT2D eigenvalue weighted by Gasteiger charge is -2.08. The summed E-state index contributed by atoms with van der Waals surface area (Å²) in [5, 5.41) is 4.84. The summed E-state index contributed by atoms with van der Waals surface area (Å²) in [6, 6.07) is 10.1. The van der Waals surface area contributed by atoms with Crippen molar-refractivity contribution in [1.82, 2.24) is 5.32 Å². The van der Waals surface area contributed by atoms with E-state index < -0.39 is 17.5 Å². The van der Waals surface area contributed by atoms with Gasteiger partial charge in [0.05, 0.1) is 6.54 Å². The summed E-state index contributed by atoms with van der Waals surface area (Å²) in [5.41, 5.74) is 1.68. The zero-order valence-electron chi connectivity index (χ0n) is 12.5. The van der Waals surface area contributed by atoms with E-state index in [-0.39, 0.29) is 18.1 Å². The van der Waals surface area contributed by atoms with Gasteiger partial charge < -0.3 is 10.6 Å². The third-order valence-electron chi connectivity index (χ3n) is 3.24. The highest BCUT2D eigenvalue weighted by atomic mass is 19.2. The quantitative estimate of drug-likeness (QED) is 0.890. The standard InChI is InChI=1S/C17H16F2N2O2/c1-2-11-3-5-12(6-4-11)17(23)20-10-16(22)21-13-7-8-14(18)15(19)9-13/h3-9H,2,10H2,1H3,(H,20,23)(H,21,22). The van der Waals surface area contributed by atoms with E-state index in [9.17, 15) is 18.4 Å². The fraction of sp³-hybridized carbons (Fsp3) is 0.176. The molecule has 2 N–H and O–H groups in total. The number of anilines is 1. The molecule has 2 amide bonds. The average Bonchev–Trinajstić information content (AvgIpc) is 2.56. The Morgan fingerprint density at radius 3 is 2.30 bits per heavy atom. The molecule has 2 aromatic rings. The van der Waals surface area contributed by atoms with Crippen molar-refractivity contribution in [3.05, 3.63) is 65.2 Å². The Hall–Kier alpha value is -2.76. The van der Waals surface area contributed by atoms with Crippen LogP contribution in [0.15, 0.2) is 42.5 Å². The lowest BCUT2D eigenvalue weighted by atomic mass is 10.1. The fourth-order valence-corrected chi connectivity index (χ4v) is 1.93. The molecule has 0 radical (unpaired) electrons. The van der Waals surface area contributed by atoms with Crippen molar-refractivity contribution < 1.29 is 18.4 Å². The zero-order valence-corrected chi connectivity index (χ0v) is 12.5. The number of rotatable bonds is 5. The molecular weight excluding hydrogens is 302 g/mol. The van der Waals surface area contributed by atoms with E-state index in [1.807, 2.05) is 19.1 Å². The second kappa shape index (κ2) is 7.49. The molecule has 0 aliphatic rings. The van der Waals surface area contributed by atoms with Gasteiger partial charge in [-0.3, -0.25) is 9.59 Å². The van der Waals surface area contributed by atoms with Crippen molar-refractivity contribution in [3.8, 4) is 0 Å². The maximum atomic E-state index is 13.0. The summed E-state index contributed by atoms with van der Waals surface area (Å²) >= 11 is 0. The molecule has 0 saturated heterocycles. The highest BCUT2D eigenvalue weighted by Gasteiger charge is 2.09. The van der Waals surface area contributed by atoms with Crippen LogP contribution in [0.2, 0.25) is 0 Å². The van der Waals surface area contributed by atoms with Crippen LogP contribution in [0, 0.1) is 11.6 Å². The summed E-state index contributed by atoms with van der Waals surface area (Å²) in [5.74, 6) is -2.96. The van der Waals surface area contributed by atoms with Gasteiger partial charge in [-0.2, -0.15) is 0 Å². The van der Waals surface area contributed by atoms with Crippen LogP contribution in [-0.2, 0) is 11.2 Å². The van der Waals surface area contributed by atoms with E-state index in [2.05, 4.69) is 10.6 Å². The Labute approximate surface area is 132 Å². The van der Waals surface area contributed by atoms with Gasteiger partial charge in [0.25, 0.3) is 5.91 Å². The first kappa shape index (κ1) is 16.6. The number of carbonyl (C=O) groups is 2. The molecular formula is C17H16F2N2O2. The minimum absolute atomic E-state index is 0.121. The summed E-state index contributed by atoms with van der Waals surface area (Å²) in [6.07, 6.45) is 0.874. The van der Waals surface area contributed by atoms with Gasteiger partial charge in [0, 0.05) is 17.3 Å². The zero-order chi connectivity index (χ0) is 16.8. The van der Waals surface area contributed by atoms with E-state index in [1.54, 1.807) is 12.1 Å². The summed E-state index contributed by atoms with van der Waals surface area (Å²) < 4.78 is 25.8. The van der Waals surface area contributed by atoms with E-state index in [0.717, 1.165) is 24.1 Å². The lowest BCUT2D eigenvalue weighted by molar-refractivity contribution is -0.115. The SMILES string of the molecule is CCc1ccc(C(=O)NCC(=O)Nc2ccc(F)c(F)c2)cc1. The molecule has 0 aliphatic carbocycles. The summed E-state index contributed by atoms with van der Waals surface area (Å²) in [6.45, 7) is 1.74. The number of amides is 2. The summed E-state index contributed by atoms with van der Waals surface area (Å²) in [7, 11) is 0. The molecule has 2 rings (SSSR count). The fourth-order valence-electron chi connectivity index (χ4n) is 1.93. The van der Waals surface area contributed by atoms with Gasteiger partial charge in [-0.05, 0) is 36.2 Å². The average molecular weight is 318 g/mol. The highest BCUT2D eigenvalue weighted by Crippen LogP contribution is 2.12. The van der Waals surface area contributed by atoms with E-state index in [4.69, 9.17) is 0 Å². The summed E-state index contributed by atoms with van der Waals surface area (Å²) in [4.78, 5) is 23.6. The molecule has 0 aliphatic heterocycles. The number of hydrogen-bond donors (Lipinski definition) is 2. The van der Waals surface area contributed by atoms with E-state index in [0.29, 0.717) is 5.56 Å². The second-order valence-electron chi connectivity index (χ2n) is 4.91. The van der Waals surface area contributed by atoms with Gasteiger partial charge in [0.15, 0.2) is 11.6 Å². The smallest absolute Gasteiger partial charge is 0.251 e. The predicted octanol–water partition coefficient (Wildman–Crippen LogP) is 2.90. The number of nitrogens with one attached hydrogen (secondary N) is 2. The molecule has 23 heavy (non-hydrogen) atoms. The number of benzene rings is 2. The van der Waals surface area contributed by atoms with Crippen molar-refractivity contribution in [2.45, 2.75) is 13.3 Å². The van der Waals surface area contributed by atoms with Crippen LogP contribution >= 0.6 is 0 Å². The van der Waals surface area contributed by atoms with Crippen LogP contribution in [0.1, 0.15) is 22.8 Å². The molecule has 4 nitrogen and oxygen atoms in total. The van der Waals surface area contributed by atoms with Crippen LogP contribution in [0.5, 0.6) is 0 Å². The third-order valence-corrected chi connectivity index (χ3v) is 3.24. The van der Waals surface area contributed by atoms with Gasteiger partial charge in [-0.1, -0.05) is 19.1 Å². The van der Waals surface area contributed by atoms with E-state index >= 15 is 0 Å². The Morgan fingerprint density at radius 2 is 1.70 bits per heavy atom. The van der Waals surface area contributed by atoms with Crippen molar-refractivity contribution in [1.29, 1.82) is 0 Å². The van der Waals surface area contributed by atoms with Crippen LogP contribution in [0.4, 0.5) is 14.5 Å². The minimum atomic E-state index is -1.05. The monoisotopic (exact) mass is 318 g/mol. The van der Waals surface area contributed by atoms with Gasteiger partial charge >= 0.3 is 0 Å². The number of halogens is 2. The molecule has 0 saturated carbocycles. The molecule has 0 heterocycles. The molecule has 0 aromatic heterocycles. The lowest BCUT2D eigenvalue weighted by Crippen LogP contribution is -2.32. The number of hydrogen-bond acceptors (Lipinski definition) is 2.